The molecule has 0 saturated carbocycles. The highest BCUT2D eigenvalue weighted by molar-refractivity contribution is 5.61. The van der Waals surface area contributed by atoms with E-state index in [4.69, 9.17) is 8.91 Å². The molecule has 2 bridgehead atoms. The lowest BCUT2D eigenvalue weighted by molar-refractivity contribution is -0.0453. The van der Waals surface area contributed by atoms with Gasteiger partial charge in [0.05, 0.1) is 2.74 Å². The molecule has 5 atom stereocenters. The maximum absolute atomic E-state index is 10.6. The zero-order valence-electron chi connectivity index (χ0n) is 14.8. The molecule has 0 radical (unpaired) electrons. The Bertz CT molecular complexity index is 783. The Hall–Kier alpha value is -1.52. The molecule has 1 saturated heterocycles. The van der Waals surface area contributed by atoms with Gasteiger partial charge >= 0.3 is 0 Å². The molecule has 21 heavy (non-hydrogen) atoms. The molecule has 1 fully saturated rings. The number of likely N-dealkylation sites (tertiary alicyclic amines) is 1. The first-order valence-electron chi connectivity index (χ1n) is 8.94. The van der Waals surface area contributed by atoms with E-state index in [0.717, 1.165) is 24.1 Å². The minimum Gasteiger partial charge on any atom is -0.504 e. The fraction of sp³-hybridized carbons (Fsp3) is 0.529. The zero-order chi connectivity index (χ0) is 16.8. The third-order valence-corrected chi connectivity index (χ3v) is 5.97. The monoisotopic (exact) mass is 288 g/mol. The first kappa shape index (κ1) is 9.49. The molecule has 1 aromatic rings. The highest BCUT2D eigenvalue weighted by atomic mass is 16.5. The summed E-state index contributed by atoms with van der Waals surface area (Å²) in [6.07, 6.45) is 4.25. The molecule has 1 spiro atoms. The van der Waals surface area contributed by atoms with Gasteiger partial charge in [-0.15, -0.1) is 0 Å². The molecule has 0 amide bonds. The van der Waals surface area contributed by atoms with Gasteiger partial charge < -0.3 is 19.9 Å². The second-order valence-corrected chi connectivity index (χ2v) is 6.74. The van der Waals surface area contributed by atoms with Gasteiger partial charge in [-0.3, -0.25) is 0 Å². The molecule has 4 aliphatic rings. The van der Waals surface area contributed by atoms with Gasteiger partial charge in [-0.05, 0) is 38.0 Å². The van der Waals surface area contributed by atoms with E-state index in [1.165, 1.54) is 0 Å². The Morgan fingerprint density at radius 1 is 1.48 bits per heavy atom. The van der Waals surface area contributed by atoms with E-state index >= 15 is 0 Å². The third-order valence-electron chi connectivity index (χ3n) is 5.97. The molecule has 4 heteroatoms. The van der Waals surface area contributed by atoms with Crippen LogP contribution >= 0.6 is 0 Å². The molecule has 110 valence electrons. The molecule has 2 aliphatic carbocycles. The second kappa shape index (κ2) is 3.62. The number of aliphatic hydroxyl groups is 1. The molecule has 2 aliphatic heterocycles. The van der Waals surface area contributed by atoms with E-state index in [0.29, 0.717) is 12.2 Å². The summed E-state index contributed by atoms with van der Waals surface area (Å²) in [5.74, 6) is 0.612. The number of hydrogen-bond acceptors (Lipinski definition) is 4. The number of phenols is 1. The van der Waals surface area contributed by atoms with Crippen LogP contribution in [0.4, 0.5) is 0 Å². The minimum atomic E-state index is -0.731. The fourth-order valence-corrected chi connectivity index (χ4v) is 5.07. The topological polar surface area (TPSA) is 52.9 Å². The van der Waals surface area contributed by atoms with E-state index in [9.17, 15) is 5.11 Å². The molecule has 5 rings (SSSR count). The van der Waals surface area contributed by atoms with Gasteiger partial charge in [-0.25, -0.2) is 0 Å². The van der Waals surface area contributed by atoms with E-state index in [1.807, 2.05) is 0 Å². The molecule has 0 aromatic heterocycles. The van der Waals surface area contributed by atoms with Crippen LogP contribution in [0, 0.1) is 5.92 Å². The standard InChI is InChI=1S/C17H19NO3/c1-18-7-6-17-10-3-5-13(20)16(17)21-15-12(19)4-2-9(14(15)17)8-11(10)18/h2-5,10-11,13,16,19-20H,6-8H2,1H3/t10-,11+,13-,16-,17-/m0/s1/i2D,4D/hD. The van der Waals surface area contributed by atoms with Crippen molar-refractivity contribution in [2.24, 2.45) is 5.92 Å². The Balaban J connectivity index is 1.87. The van der Waals surface area contributed by atoms with E-state index in [2.05, 4.69) is 23.1 Å². The largest absolute Gasteiger partial charge is 0.504 e. The number of aliphatic hydroxyl groups excluding tert-OH is 1. The molecular formula is C17H19NO3. The number of hydrogen-bond donors (Lipinski definition) is 2. The summed E-state index contributed by atoms with van der Waals surface area (Å²) in [4.78, 5) is 2.31. The van der Waals surface area contributed by atoms with Crippen molar-refractivity contribution in [2.45, 2.75) is 36.5 Å². The van der Waals surface area contributed by atoms with Crippen LogP contribution in [0.25, 0.3) is 0 Å². The number of rotatable bonds is 1. The second-order valence-electron chi connectivity index (χ2n) is 6.74. The summed E-state index contributed by atoms with van der Waals surface area (Å²) in [5, 5.41) is 15.2. The molecule has 1 aromatic carbocycles. The Morgan fingerprint density at radius 3 is 3.24 bits per heavy atom. The predicted octanol–water partition coefficient (Wildman–Crippen LogP) is 1.20. The normalized spacial score (nSPS) is 44.4. The summed E-state index contributed by atoms with van der Waals surface area (Å²) in [6, 6.07) is 0.260. The van der Waals surface area contributed by atoms with Crippen molar-refractivity contribution in [3.8, 4) is 11.5 Å². The molecule has 2 N–H and O–H groups in total. The highest BCUT2D eigenvalue weighted by Crippen LogP contribution is 2.62. The summed E-state index contributed by atoms with van der Waals surface area (Å²) in [6.45, 7) is 0.896. The number of likely N-dealkylation sites (N-methyl/N-ethyl adjacent to an activating group) is 1. The van der Waals surface area contributed by atoms with Crippen LogP contribution in [0.15, 0.2) is 24.2 Å². The molecule has 2 heterocycles. The van der Waals surface area contributed by atoms with Gasteiger partial charge in [0.25, 0.3) is 1.43 Å². The van der Waals surface area contributed by atoms with Gasteiger partial charge in [0, 0.05) is 22.9 Å². The third kappa shape index (κ3) is 1.21. The van der Waals surface area contributed by atoms with Gasteiger partial charge in [0.2, 0.25) is 0 Å². The maximum atomic E-state index is 10.6. The number of phenolic OH excluding ortho intramolecular Hbond substituents is 1. The Kier molecular flexibility index (Phi) is 1.64. The SMILES string of the molecule is [2H]Oc1c([2H])c([2H])c2c3c1O[C@H]1[C@@H](O)C=C[C@H]4[C@@H](C2)N(C)CC[C@@]341. The van der Waals surface area contributed by atoms with Gasteiger partial charge in [-0.2, -0.15) is 0 Å². The highest BCUT2D eigenvalue weighted by Gasteiger charge is 2.64. The Morgan fingerprint density at radius 2 is 2.38 bits per heavy atom. The van der Waals surface area contributed by atoms with Crippen molar-refractivity contribution < 1.29 is 17.7 Å². The first-order valence-corrected chi connectivity index (χ1v) is 7.53. The summed E-state index contributed by atoms with van der Waals surface area (Å²) in [5.41, 5.74) is 1.35. The van der Waals surface area contributed by atoms with Crippen LogP contribution in [-0.2, 0) is 11.8 Å². The predicted molar refractivity (Wildman–Crippen MR) is 77.6 cm³/mol. The van der Waals surface area contributed by atoms with Gasteiger partial charge in [-0.1, -0.05) is 18.2 Å². The van der Waals surface area contributed by atoms with E-state index in [1.54, 1.807) is 6.08 Å². The average molecular weight is 288 g/mol. The van der Waals surface area contributed by atoms with Crippen molar-refractivity contribution in [1.29, 1.82) is 1.43 Å². The van der Waals surface area contributed by atoms with Crippen LogP contribution in [-0.4, -0.2) is 48.4 Å². The fourth-order valence-electron chi connectivity index (χ4n) is 5.07. The minimum absolute atomic E-state index is 0.00542. The lowest BCUT2D eigenvalue weighted by Gasteiger charge is -2.56. The number of ether oxygens (including phenoxy) is 1. The zero-order valence-corrected chi connectivity index (χ0v) is 11.8. The lowest BCUT2D eigenvalue weighted by Crippen LogP contribution is -2.64. The first-order chi connectivity index (χ1) is 11.5. The van der Waals surface area contributed by atoms with Crippen molar-refractivity contribution in [3.63, 3.8) is 0 Å². The van der Waals surface area contributed by atoms with Crippen LogP contribution in [0.5, 0.6) is 11.5 Å². The molecule has 0 unspecified atom stereocenters. The smallest absolute Gasteiger partial charge is 0.293 e. The molecule has 4 nitrogen and oxygen atoms in total. The Labute approximate surface area is 127 Å². The summed E-state index contributed by atoms with van der Waals surface area (Å²) >= 11 is 0. The van der Waals surface area contributed by atoms with Gasteiger partial charge in [0.15, 0.2) is 11.5 Å². The van der Waals surface area contributed by atoms with Crippen molar-refractivity contribution >= 4 is 0 Å². The van der Waals surface area contributed by atoms with Crippen LogP contribution in [0.2, 0.25) is 0 Å². The van der Waals surface area contributed by atoms with E-state index in [-0.39, 0.29) is 35.2 Å². The average Bonchev–Trinajstić information content (AvgIpc) is 2.91. The van der Waals surface area contributed by atoms with Crippen LogP contribution in [0.3, 0.4) is 0 Å². The van der Waals surface area contributed by atoms with Crippen LogP contribution < -0.4 is 4.74 Å². The lowest BCUT2D eigenvalue weighted by atomic mass is 9.53. The number of aromatic hydroxyl groups is 1. The van der Waals surface area contributed by atoms with Crippen LogP contribution in [0.1, 0.15) is 20.3 Å². The maximum Gasteiger partial charge on any atom is 0.293 e. The number of piperidine rings is 1. The number of nitrogens with zero attached hydrogens (tertiary/aromatic N) is 1. The molecular weight excluding hydrogens is 266 g/mol. The van der Waals surface area contributed by atoms with Crippen molar-refractivity contribution in [1.82, 2.24) is 4.90 Å². The van der Waals surface area contributed by atoms with Crippen molar-refractivity contribution in [2.75, 3.05) is 13.6 Å². The van der Waals surface area contributed by atoms with Gasteiger partial charge in [0.1, 0.15) is 12.2 Å². The van der Waals surface area contributed by atoms with E-state index < -0.39 is 12.2 Å². The van der Waals surface area contributed by atoms with Crippen molar-refractivity contribution in [3.05, 3.63) is 35.4 Å². The number of benzene rings is 1. The summed E-state index contributed by atoms with van der Waals surface area (Å²) < 4.78 is 30.1. The summed E-state index contributed by atoms with van der Waals surface area (Å²) in [7, 11) is 2.10. The quantitative estimate of drug-likeness (QED) is 0.763.